The predicted octanol–water partition coefficient (Wildman–Crippen LogP) is 5.12. The number of rotatable bonds is 7. The largest absolute Gasteiger partial charge is 0.355 e. The molecule has 2 aromatic carbocycles. The van der Waals surface area contributed by atoms with Crippen LogP contribution in [0.2, 0.25) is 0 Å². The Bertz CT molecular complexity index is 1530. The fourth-order valence-electron chi connectivity index (χ4n) is 3.79. The van der Waals surface area contributed by atoms with Crippen molar-refractivity contribution in [3.05, 3.63) is 83.6 Å². The van der Waals surface area contributed by atoms with Crippen LogP contribution in [0.5, 0.6) is 0 Å². The maximum atomic E-state index is 14.5. The summed E-state index contributed by atoms with van der Waals surface area (Å²) in [6.45, 7) is 4.24. The van der Waals surface area contributed by atoms with Gasteiger partial charge < -0.3 is 15.6 Å². The highest BCUT2D eigenvalue weighted by atomic mass is 19.1. The van der Waals surface area contributed by atoms with E-state index in [4.69, 9.17) is 0 Å². The van der Waals surface area contributed by atoms with E-state index in [1.54, 1.807) is 35.4 Å². The van der Waals surface area contributed by atoms with E-state index in [-0.39, 0.29) is 5.69 Å². The fraction of sp³-hybridized carbons (Fsp3) is 0.120. The number of halogens is 1. The van der Waals surface area contributed by atoms with E-state index in [9.17, 15) is 9.18 Å². The second-order valence-corrected chi connectivity index (χ2v) is 7.97. The van der Waals surface area contributed by atoms with Gasteiger partial charge in [-0.2, -0.15) is 10.2 Å². The number of fused-ring (bicyclic) bond motifs is 1. The molecule has 0 saturated heterocycles. The van der Waals surface area contributed by atoms with E-state index in [1.807, 2.05) is 44.2 Å². The minimum Gasteiger partial charge on any atom is -0.355 e. The van der Waals surface area contributed by atoms with Crippen molar-refractivity contribution >= 4 is 46.0 Å². The molecule has 0 radical (unpaired) electrons. The summed E-state index contributed by atoms with van der Waals surface area (Å²) in [5.74, 6) is -0.945. The van der Waals surface area contributed by atoms with Gasteiger partial charge in [-0.15, -0.1) is 0 Å². The third-order valence-corrected chi connectivity index (χ3v) is 5.47. The van der Waals surface area contributed by atoms with Gasteiger partial charge in [0.1, 0.15) is 11.5 Å². The van der Waals surface area contributed by atoms with E-state index in [1.165, 1.54) is 6.07 Å². The number of aromatic amines is 2. The molecule has 3 heterocycles. The number of imidazole rings is 1. The van der Waals surface area contributed by atoms with Crippen molar-refractivity contribution in [3.8, 4) is 0 Å². The molecule has 5 aromatic rings. The molecule has 0 fully saturated rings. The van der Waals surface area contributed by atoms with Gasteiger partial charge in [-0.05, 0) is 68.5 Å². The quantitative estimate of drug-likeness (QED) is 0.264. The van der Waals surface area contributed by atoms with Crippen molar-refractivity contribution < 1.29 is 9.18 Å². The average molecular weight is 471 g/mol. The molecule has 5 rings (SSSR count). The number of hydrogen-bond donors (Lipinski definition) is 4. The number of H-pyrrole nitrogens is 2. The molecule has 0 spiro atoms. The number of carbonyl (C=O) groups is 1. The van der Waals surface area contributed by atoms with Crippen LogP contribution in [0.1, 0.15) is 34.5 Å². The molecule has 0 saturated carbocycles. The monoisotopic (exact) mass is 470 g/mol. The molecular formula is C25H23FN8O. The van der Waals surface area contributed by atoms with Crippen molar-refractivity contribution in [1.82, 2.24) is 29.9 Å². The number of carbonyl (C=O) groups excluding carboxylic acids is 1. The van der Waals surface area contributed by atoms with Crippen molar-refractivity contribution in [2.45, 2.75) is 20.4 Å². The van der Waals surface area contributed by atoms with Crippen molar-refractivity contribution in [3.63, 3.8) is 0 Å². The lowest BCUT2D eigenvalue weighted by Crippen LogP contribution is -2.18. The van der Waals surface area contributed by atoms with E-state index >= 15 is 0 Å². The first-order chi connectivity index (χ1) is 17.0. The van der Waals surface area contributed by atoms with Gasteiger partial charge in [-0.3, -0.25) is 14.6 Å². The predicted molar refractivity (Wildman–Crippen MR) is 134 cm³/mol. The Morgan fingerprint density at radius 3 is 2.77 bits per heavy atom. The Balaban J connectivity index is 1.34. The SMILES string of the molecule is CCn1nc(C)cc1C(=O)Nc1cc(Nc2ccc3c(C=Cc4cnc[nH]4)n[nH]c3c2)ccc1F. The van der Waals surface area contributed by atoms with E-state index < -0.39 is 11.7 Å². The second kappa shape index (κ2) is 9.26. The molecule has 10 heteroatoms. The first-order valence-electron chi connectivity index (χ1n) is 11.1. The molecule has 3 aromatic heterocycles. The van der Waals surface area contributed by atoms with Gasteiger partial charge in [-0.1, -0.05) is 0 Å². The summed E-state index contributed by atoms with van der Waals surface area (Å²) in [7, 11) is 0. The Morgan fingerprint density at radius 1 is 1.14 bits per heavy atom. The summed E-state index contributed by atoms with van der Waals surface area (Å²) in [5.41, 5.74) is 5.12. The molecule has 0 aliphatic rings. The Morgan fingerprint density at radius 2 is 1.97 bits per heavy atom. The fourth-order valence-corrected chi connectivity index (χ4v) is 3.79. The number of hydrogen-bond acceptors (Lipinski definition) is 5. The highest BCUT2D eigenvalue weighted by Crippen LogP contribution is 2.27. The molecule has 35 heavy (non-hydrogen) atoms. The third kappa shape index (κ3) is 4.67. The van der Waals surface area contributed by atoms with Crippen LogP contribution in [0, 0.1) is 12.7 Å². The number of amides is 1. The summed E-state index contributed by atoms with van der Waals surface area (Å²) in [6, 6.07) is 11.9. The number of aromatic nitrogens is 6. The molecule has 4 N–H and O–H groups in total. The minimum absolute atomic E-state index is 0.0790. The lowest BCUT2D eigenvalue weighted by Gasteiger charge is -2.11. The van der Waals surface area contributed by atoms with E-state index in [2.05, 4.69) is 35.9 Å². The minimum atomic E-state index is -0.527. The van der Waals surface area contributed by atoms with Crippen molar-refractivity contribution in [1.29, 1.82) is 0 Å². The smallest absolute Gasteiger partial charge is 0.274 e. The second-order valence-electron chi connectivity index (χ2n) is 7.97. The molecule has 0 unspecified atom stereocenters. The van der Waals surface area contributed by atoms with Crippen LogP contribution in [0.25, 0.3) is 23.1 Å². The van der Waals surface area contributed by atoms with Crippen LogP contribution in [0.3, 0.4) is 0 Å². The summed E-state index contributed by atoms with van der Waals surface area (Å²) in [5, 5.41) is 18.5. The molecular weight excluding hydrogens is 447 g/mol. The number of nitrogens with zero attached hydrogens (tertiary/aromatic N) is 4. The topological polar surface area (TPSA) is 116 Å². The normalized spacial score (nSPS) is 11.4. The molecule has 0 bridgehead atoms. The number of anilines is 3. The van der Waals surface area contributed by atoms with Gasteiger partial charge >= 0.3 is 0 Å². The van der Waals surface area contributed by atoms with Crippen LogP contribution in [0.15, 0.2) is 55.0 Å². The van der Waals surface area contributed by atoms with Crippen LogP contribution in [-0.4, -0.2) is 35.9 Å². The summed E-state index contributed by atoms with van der Waals surface area (Å²) in [6.07, 6.45) is 7.15. The summed E-state index contributed by atoms with van der Waals surface area (Å²) in [4.78, 5) is 19.7. The Hall–Kier alpha value is -4.73. The van der Waals surface area contributed by atoms with Gasteiger partial charge in [0.25, 0.3) is 5.91 Å². The van der Waals surface area contributed by atoms with Crippen LogP contribution in [-0.2, 0) is 6.54 Å². The van der Waals surface area contributed by atoms with Crippen molar-refractivity contribution in [2.75, 3.05) is 10.6 Å². The highest BCUT2D eigenvalue weighted by molar-refractivity contribution is 6.03. The Kier molecular flexibility index (Phi) is 5.84. The van der Waals surface area contributed by atoms with Crippen LogP contribution in [0.4, 0.5) is 21.5 Å². The lowest BCUT2D eigenvalue weighted by atomic mass is 10.1. The number of nitrogens with one attached hydrogen (secondary N) is 4. The third-order valence-electron chi connectivity index (χ3n) is 5.47. The average Bonchev–Trinajstić information content (AvgIpc) is 3.59. The maximum Gasteiger partial charge on any atom is 0.274 e. The highest BCUT2D eigenvalue weighted by Gasteiger charge is 2.15. The summed E-state index contributed by atoms with van der Waals surface area (Å²) < 4.78 is 16.1. The van der Waals surface area contributed by atoms with Gasteiger partial charge in [-0.25, -0.2) is 9.37 Å². The lowest BCUT2D eigenvalue weighted by molar-refractivity contribution is 0.101. The van der Waals surface area contributed by atoms with Crippen LogP contribution < -0.4 is 10.6 Å². The molecule has 176 valence electrons. The van der Waals surface area contributed by atoms with Gasteiger partial charge in [0.05, 0.1) is 40.8 Å². The maximum absolute atomic E-state index is 14.5. The van der Waals surface area contributed by atoms with Gasteiger partial charge in [0, 0.05) is 23.3 Å². The number of aryl methyl sites for hydroxylation is 2. The van der Waals surface area contributed by atoms with Gasteiger partial charge in [0.15, 0.2) is 0 Å². The Labute approximate surface area is 200 Å². The molecule has 0 aliphatic heterocycles. The molecule has 0 aliphatic carbocycles. The zero-order chi connectivity index (χ0) is 24.4. The standard InChI is InChI=1S/C25H23FN8O/c1-3-34-24(10-15(2)33-34)25(35)30-23-12-17(5-8-20(23)26)29-16-4-7-19-21(31-32-22(19)11-16)9-6-18-13-27-14-28-18/h4-14,29H,3H2,1-2H3,(H,27,28)(H,30,35)(H,31,32). The van der Waals surface area contributed by atoms with E-state index in [0.29, 0.717) is 17.9 Å². The molecule has 0 atom stereocenters. The van der Waals surface area contributed by atoms with Crippen molar-refractivity contribution in [2.24, 2.45) is 0 Å². The summed E-state index contributed by atoms with van der Waals surface area (Å²) >= 11 is 0. The molecule has 1 amide bonds. The zero-order valence-electron chi connectivity index (χ0n) is 19.1. The zero-order valence-corrected chi connectivity index (χ0v) is 19.1. The van der Waals surface area contributed by atoms with Crippen LogP contribution >= 0.6 is 0 Å². The van der Waals surface area contributed by atoms with Gasteiger partial charge in [0.2, 0.25) is 0 Å². The first-order valence-corrected chi connectivity index (χ1v) is 11.1. The van der Waals surface area contributed by atoms with E-state index in [0.717, 1.165) is 33.7 Å². The first kappa shape index (κ1) is 22.1. The molecule has 9 nitrogen and oxygen atoms in total. The number of benzene rings is 2.